The zero-order valence-corrected chi connectivity index (χ0v) is 19.2. The van der Waals surface area contributed by atoms with Crippen molar-refractivity contribution in [1.29, 1.82) is 0 Å². The van der Waals surface area contributed by atoms with Crippen LogP contribution in [0.5, 0.6) is 0 Å². The number of amides is 2. The standard InChI is InChI=1S/C27H31N3O3/c1-3-29(4-2)24(20-11-6-5-7-12-20)18-28-26(31)23-17-21-13-8-9-14-22(21)19-30(23)27(32)25-15-10-16-33-25/h5-16,23-24H,3-4,17-19H2,1-2H3,(H,28,31). The topological polar surface area (TPSA) is 65.8 Å². The molecule has 33 heavy (non-hydrogen) atoms. The molecule has 1 N–H and O–H groups in total. The van der Waals surface area contributed by atoms with Crippen LogP contribution < -0.4 is 5.32 Å². The van der Waals surface area contributed by atoms with E-state index >= 15 is 0 Å². The van der Waals surface area contributed by atoms with E-state index in [4.69, 9.17) is 4.42 Å². The Morgan fingerprint density at radius 1 is 1.00 bits per heavy atom. The second-order valence-electron chi connectivity index (χ2n) is 8.29. The highest BCUT2D eigenvalue weighted by atomic mass is 16.3. The third-order valence-electron chi connectivity index (χ3n) is 6.45. The summed E-state index contributed by atoms with van der Waals surface area (Å²) in [4.78, 5) is 30.6. The SMILES string of the molecule is CCN(CC)C(CNC(=O)C1Cc2ccccc2CN1C(=O)c1ccco1)c1ccccc1. The number of benzene rings is 2. The number of rotatable bonds is 8. The lowest BCUT2D eigenvalue weighted by atomic mass is 9.93. The zero-order valence-electron chi connectivity index (χ0n) is 19.2. The van der Waals surface area contributed by atoms with Crippen molar-refractivity contribution < 1.29 is 14.0 Å². The number of fused-ring (bicyclic) bond motifs is 1. The van der Waals surface area contributed by atoms with E-state index in [9.17, 15) is 9.59 Å². The van der Waals surface area contributed by atoms with Gasteiger partial charge in [0.15, 0.2) is 5.76 Å². The molecule has 172 valence electrons. The molecule has 4 rings (SSSR count). The van der Waals surface area contributed by atoms with Gasteiger partial charge < -0.3 is 14.6 Å². The molecule has 3 aromatic rings. The minimum absolute atomic E-state index is 0.0650. The van der Waals surface area contributed by atoms with Gasteiger partial charge in [0.25, 0.3) is 5.91 Å². The Hall–Kier alpha value is -3.38. The summed E-state index contributed by atoms with van der Waals surface area (Å²) in [5, 5.41) is 3.16. The third-order valence-corrected chi connectivity index (χ3v) is 6.45. The molecule has 1 aliphatic heterocycles. The van der Waals surface area contributed by atoms with Crippen LogP contribution in [-0.4, -0.2) is 47.3 Å². The predicted molar refractivity (Wildman–Crippen MR) is 128 cm³/mol. The van der Waals surface area contributed by atoms with Gasteiger partial charge in [-0.3, -0.25) is 14.5 Å². The lowest BCUT2D eigenvalue weighted by Gasteiger charge is -2.36. The summed E-state index contributed by atoms with van der Waals surface area (Å²) in [6.45, 7) is 6.88. The fourth-order valence-electron chi connectivity index (χ4n) is 4.62. The van der Waals surface area contributed by atoms with E-state index in [-0.39, 0.29) is 23.6 Å². The molecule has 2 amide bonds. The maximum absolute atomic E-state index is 13.5. The van der Waals surface area contributed by atoms with Crippen molar-refractivity contribution in [2.24, 2.45) is 0 Å². The van der Waals surface area contributed by atoms with Crippen LogP contribution >= 0.6 is 0 Å². The Labute approximate surface area is 195 Å². The molecule has 6 heteroatoms. The molecule has 1 aromatic heterocycles. The van der Waals surface area contributed by atoms with Crippen molar-refractivity contribution in [2.45, 2.75) is 38.9 Å². The minimum atomic E-state index is -0.592. The molecule has 0 spiro atoms. The van der Waals surface area contributed by atoms with Crippen molar-refractivity contribution in [3.8, 4) is 0 Å². The largest absolute Gasteiger partial charge is 0.459 e. The number of hydrogen-bond donors (Lipinski definition) is 1. The fourth-order valence-corrected chi connectivity index (χ4v) is 4.62. The number of likely N-dealkylation sites (N-methyl/N-ethyl adjacent to an activating group) is 1. The molecule has 2 aromatic carbocycles. The quantitative estimate of drug-likeness (QED) is 0.568. The second-order valence-corrected chi connectivity index (χ2v) is 8.29. The van der Waals surface area contributed by atoms with Crippen molar-refractivity contribution in [3.63, 3.8) is 0 Å². The molecule has 0 aliphatic carbocycles. The second kappa shape index (κ2) is 10.5. The lowest BCUT2D eigenvalue weighted by Crippen LogP contribution is -2.53. The molecule has 2 unspecified atom stereocenters. The monoisotopic (exact) mass is 445 g/mol. The summed E-state index contributed by atoms with van der Waals surface area (Å²) in [6.07, 6.45) is 1.96. The van der Waals surface area contributed by atoms with Crippen LogP contribution in [0.25, 0.3) is 0 Å². The fraction of sp³-hybridized carbons (Fsp3) is 0.333. The summed E-state index contributed by atoms with van der Waals surface area (Å²) in [5.74, 6) is -0.159. The number of carbonyl (C=O) groups is 2. The molecule has 2 heterocycles. The van der Waals surface area contributed by atoms with Gasteiger partial charge in [-0.05, 0) is 41.9 Å². The minimum Gasteiger partial charge on any atom is -0.459 e. The van der Waals surface area contributed by atoms with E-state index in [1.54, 1.807) is 17.0 Å². The summed E-state index contributed by atoms with van der Waals surface area (Å²) >= 11 is 0. The van der Waals surface area contributed by atoms with Crippen molar-refractivity contribution >= 4 is 11.8 Å². The first-order valence-corrected chi connectivity index (χ1v) is 11.6. The van der Waals surface area contributed by atoms with E-state index < -0.39 is 6.04 Å². The maximum atomic E-state index is 13.5. The summed E-state index contributed by atoms with van der Waals surface area (Å²) in [7, 11) is 0. The first-order chi connectivity index (χ1) is 16.1. The van der Waals surface area contributed by atoms with Crippen molar-refractivity contribution in [3.05, 3.63) is 95.4 Å². The average Bonchev–Trinajstić information content (AvgIpc) is 3.41. The van der Waals surface area contributed by atoms with Gasteiger partial charge in [0.05, 0.1) is 12.3 Å². The van der Waals surface area contributed by atoms with E-state index in [2.05, 4.69) is 36.2 Å². The summed E-state index contributed by atoms with van der Waals surface area (Å²) in [5.41, 5.74) is 3.33. The number of furan rings is 1. The van der Waals surface area contributed by atoms with Crippen LogP contribution in [0.4, 0.5) is 0 Å². The summed E-state index contributed by atoms with van der Waals surface area (Å²) < 4.78 is 5.35. The number of carbonyl (C=O) groups excluding carboxylic acids is 2. The van der Waals surface area contributed by atoms with Gasteiger partial charge in [-0.15, -0.1) is 0 Å². The highest BCUT2D eigenvalue weighted by Crippen LogP contribution is 2.26. The van der Waals surface area contributed by atoms with Crippen molar-refractivity contribution in [2.75, 3.05) is 19.6 Å². The molecular formula is C27H31N3O3. The molecule has 2 atom stereocenters. The highest BCUT2D eigenvalue weighted by Gasteiger charge is 2.36. The molecule has 1 aliphatic rings. The van der Waals surface area contributed by atoms with E-state index in [1.807, 2.05) is 42.5 Å². The van der Waals surface area contributed by atoms with Crippen molar-refractivity contribution in [1.82, 2.24) is 15.1 Å². The van der Waals surface area contributed by atoms with Crippen LogP contribution in [0.15, 0.2) is 77.4 Å². The molecule has 0 radical (unpaired) electrons. The lowest BCUT2D eigenvalue weighted by molar-refractivity contribution is -0.126. The van der Waals surface area contributed by atoms with Gasteiger partial charge in [-0.2, -0.15) is 0 Å². The first-order valence-electron chi connectivity index (χ1n) is 11.6. The average molecular weight is 446 g/mol. The third kappa shape index (κ3) is 5.01. The molecule has 0 saturated carbocycles. The van der Waals surface area contributed by atoms with Gasteiger partial charge in [0.1, 0.15) is 6.04 Å². The Kier molecular flexibility index (Phi) is 7.25. The van der Waals surface area contributed by atoms with E-state index in [0.717, 1.165) is 24.2 Å². The normalized spacial score (nSPS) is 16.3. The number of nitrogens with zero attached hydrogens (tertiary/aromatic N) is 2. The molecular weight excluding hydrogens is 414 g/mol. The Morgan fingerprint density at radius 2 is 1.70 bits per heavy atom. The molecule has 0 bridgehead atoms. The van der Waals surface area contributed by atoms with Crippen LogP contribution in [-0.2, 0) is 17.8 Å². The first kappa shape index (κ1) is 22.8. The van der Waals surface area contributed by atoms with Gasteiger partial charge >= 0.3 is 0 Å². The van der Waals surface area contributed by atoms with Crippen LogP contribution in [0, 0.1) is 0 Å². The Balaban J connectivity index is 1.55. The highest BCUT2D eigenvalue weighted by molar-refractivity contribution is 5.96. The van der Waals surface area contributed by atoms with E-state index in [1.165, 1.54) is 11.8 Å². The van der Waals surface area contributed by atoms with Crippen LogP contribution in [0.1, 0.15) is 47.1 Å². The van der Waals surface area contributed by atoms with Crippen LogP contribution in [0.3, 0.4) is 0 Å². The predicted octanol–water partition coefficient (Wildman–Crippen LogP) is 4.05. The smallest absolute Gasteiger partial charge is 0.290 e. The van der Waals surface area contributed by atoms with Gasteiger partial charge in [-0.25, -0.2) is 0 Å². The Morgan fingerprint density at radius 3 is 2.36 bits per heavy atom. The van der Waals surface area contributed by atoms with Gasteiger partial charge in [0.2, 0.25) is 5.91 Å². The molecule has 0 saturated heterocycles. The van der Waals surface area contributed by atoms with E-state index in [0.29, 0.717) is 19.5 Å². The Bertz CT molecular complexity index is 1060. The number of nitrogens with one attached hydrogen (secondary N) is 1. The zero-order chi connectivity index (χ0) is 23.2. The van der Waals surface area contributed by atoms with Gasteiger partial charge in [0, 0.05) is 19.5 Å². The number of hydrogen-bond acceptors (Lipinski definition) is 4. The summed E-state index contributed by atoms with van der Waals surface area (Å²) in [6, 6.07) is 21.0. The van der Waals surface area contributed by atoms with Crippen LogP contribution in [0.2, 0.25) is 0 Å². The molecule has 0 fully saturated rings. The maximum Gasteiger partial charge on any atom is 0.290 e. The van der Waals surface area contributed by atoms with Gasteiger partial charge in [-0.1, -0.05) is 68.4 Å². The molecule has 6 nitrogen and oxygen atoms in total.